The van der Waals surface area contributed by atoms with Crippen molar-refractivity contribution in [2.24, 2.45) is 0 Å². The number of hydrogen-bond acceptors (Lipinski definition) is 5. The molecule has 0 bridgehead atoms. The molecule has 1 unspecified atom stereocenters. The summed E-state index contributed by atoms with van der Waals surface area (Å²) in [6.07, 6.45) is 0.189. The number of rotatable bonds is 6. The summed E-state index contributed by atoms with van der Waals surface area (Å²) in [5, 5.41) is 2.72. The third-order valence-corrected chi connectivity index (χ3v) is 4.99. The van der Waals surface area contributed by atoms with Crippen LogP contribution < -0.4 is 19.1 Å². The first kappa shape index (κ1) is 18.1. The average Bonchev–Trinajstić information content (AvgIpc) is 2.64. The maximum Gasteiger partial charge on any atom is 0.263 e. The fraction of sp³-hybridized carbons (Fsp3) is 0.278. The van der Waals surface area contributed by atoms with Crippen LogP contribution in [-0.2, 0) is 14.8 Å². The average molecular weight is 376 g/mol. The Balaban J connectivity index is 1.60. The van der Waals surface area contributed by atoms with Crippen LogP contribution in [0.5, 0.6) is 11.5 Å². The van der Waals surface area contributed by atoms with Gasteiger partial charge in [0, 0.05) is 0 Å². The summed E-state index contributed by atoms with van der Waals surface area (Å²) < 4.78 is 36.5. The van der Waals surface area contributed by atoms with Gasteiger partial charge in [-0.1, -0.05) is 30.3 Å². The van der Waals surface area contributed by atoms with E-state index in [2.05, 4.69) is 5.32 Å². The second-order valence-corrected chi connectivity index (χ2v) is 7.73. The van der Waals surface area contributed by atoms with Crippen LogP contribution in [0.2, 0.25) is 0 Å². The number of nitrogens with zero attached hydrogens (tertiary/aromatic N) is 1. The second-order valence-electron chi connectivity index (χ2n) is 5.82. The minimum atomic E-state index is -3.52. The number of sulfonamides is 1. The number of carbonyl (C=O) groups excluding carboxylic acids is 1. The lowest BCUT2D eigenvalue weighted by atomic mass is 10.2. The molecule has 0 spiro atoms. The molecule has 0 aliphatic carbocycles. The number of benzene rings is 2. The molecule has 26 heavy (non-hydrogen) atoms. The summed E-state index contributed by atoms with van der Waals surface area (Å²) in [5.41, 5.74) is 0.437. The lowest BCUT2D eigenvalue weighted by molar-refractivity contribution is -0.127. The Kier molecular flexibility index (Phi) is 5.32. The van der Waals surface area contributed by atoms with Crippen molar-refractivity contribution >= 4 is 21.6 Å². The Hall–Kier alpha value is -2.74. The molecule has 0 radical (unpaired) electrons. The first-order valence-corrected chi connectivity index (χ1v) is 9.99. The SMILES string of the molecule is CS(=O)(=O)N1CC(C(=O)NCCOc2ccccc2)Oc2ccccc21. The van der Waals surface area contributed by atoms with E-state index < -0.39 is 16.1 Å². The number of para-hydroxylation sites is 3. The number of fused-ring (bicyclic) bond motifs is 1. The predicted octanol–water partition coefficient (Wildman–Crippen LogP) is 1.41. The topological polar surface area (TPSA) is 84.9 Å². The number of amides is 1. The maximum atomic E-state index is 12.4. The van der Waals surface area contributed by atoms with Crippen molar-refractivity contribution in [1.82, 2.24) is 5.32 Å². The highest BCUT2D eigenvalue weighted by Gasteiger charge is 2.34. The van der Waals surface area contributed by atoms with Crippen LogP contribution in [-0.4, -0.2) is 46.4 Å². The Morgan fingerprint density at radius 1 is 1.19 bits per heavy atom. The summed E-state index contributed by atoms with van der Waals surface area (Å²) >= 11 is 0. The number of hydrogen-bond donors (Lipinski definition) is 1. The normalized spacial score (nSPS) is 16.3. The summed E-state index contributed by atoms with van der Waals surface area (Å²) in [6.45, 7) is 0.518. The Morgan fingerprint density at radius 2 is 1.88 bits per heavy atom. The number of nitrogens with one attached hydrogen (secondary N) is 1. The van der Waals surface area contributed by atoms with Gasteiger partial charge in [0.15, 0.2) is 6.10 Å². The molecule has 3 rings (SSSR count). The fourth-order valence-electron chi connectivity index (χ4n) is 2.63. The molecule has 1 aliphatic rings. The summed E-state index contributed by atoms with van der Waals surface area (Å²) in [4.78, 5) is 12.4. The number of anilines is 1. The van der Waals surface area contributed by atoms with Gasteiger partial charge in [-0.25, -0.2) is 8.42 Å². The molecule has 7 nitrogen and oxygen atoms in total. The van der Waals surface area contributed by atoms with E-state index >= 15 is 0 Å². The van der Waals surface area contributed by atoms with Crippen LogP contribution in [0.4, 0.5) is 5.69 Å². The molecule has 1 aliphatic heterocycles. The molecule has 138 valence electrons. The highest BCUT2D eigenvalue weighted by molar-refractivity contribution is 7.92. The van der Waals surface area contributed by atoms with Crippen LogP contribution in [0.1, 0.15) is 0 Å². The van der Waals surface area contributed by atoms with E-state index in [-0.39, 0.29) is 19.0 Å². The quantitative estimate of drug-likeness (QED) is 0.771. The Morgan fingerprint density at radius 3 is 2.62 bits per heavy atom. The van der Waals surface area contributed by atoms with Gasteiger partial charge in [0.2, 0.25) is 10.0 Å². The van der Waals surface area contributed by atoms with Crippen LogP contribution in [0, 0.1) is 0 Å². The third-order valence-electron chi connectivity index (χ3n) is 3.84. The number of carbonyl (C=O) groups is 1. The van der Waals surface area contributed by atoms with Gasteiger partial charge in [0.05, 0.1) is 25.0 Å². The number of ether oxygens (including phenoxy) is 2. The molecule has 0 saturated heterocycles. The van der Waals surface area contributed by atoms with Crippen molar-refractivity contribution in [3.63, 3.8) is 0 Å². The largest absolute Gasteiger partial charge is 0.492 e. The van der Waals surface area contributed by atoms with E-state index in [1.807, 2.05) is 30.3 Å². The standard InChI is InChI=1S/C18H20N2O5S/c1-26(22,23)20-13-17(25-16-10-6-5-9-15(16)20)18(21)19-11-12-24-14-7-3-2-4-8-14/h2-10,17H,11-13H2,1H3,(H,19,21). The molecule has 0 aromatic heterocycles. The van der Waals surface area contributed by atoms with Gasteiger partial charge in [-0.3, -0.25) is 9.10 Å². The molecule has 0 saturated carbocycles. The van der Waals surface area contributed by atoms with Gasteiger partial charge < -0.3 is 14.8 Å². The molecule has 1 heterocycles. The maximum absolute atomic E-state index is 12.4. The molecular weight excluding hydrogens is 356 g/mol. The van der Waals surface area contributed by atoms with Crippen molar-refractivity contribution < 1.29 is 22.7 Å². The van der Waals surface area contributed by atoms with Crippen molar-refractivity contribution in [2.75, 3.05) is 30.3 Å². The first-order chi connectivity index (χ1) is 12.4. The summed E-state index contributed by atoms with van der Waals surface area (Å²) in [5.74, 6) is 0.697. The monoisotopic (exact) mass is 376 g/mol. The molecule has 1 N–H and O–H groups in total. The highest BCUT2D eigenvalue weighted by Crippen LogP contribution is 2.34. The zero-order chi connectivity index (χ0) is 18.6. The second kappa shape index (κ2) is 7.65. The van der Waals surface area contributed by atoms with Crippen molar-refractivity contribution in [3.8, 4) is 11.5 Å². The van der Waals surface area contributed by atoms with Gasteiger partial charge >= 0.3 is 0 Å². The molecule has 1 amide bonds. The summed E-state index contributed by atoms with van der Waals surface area (Å²) in [7, 11) is -3.52. The van der Waals surface area contributed by atoms with Gasteiger partial charge in [-0.2, -0.15) is 0 Å². The van der Waals surface area contributed by atoms with Gasteiger partial charge in [-0.05, 0) is 24.3 Å². The predicted molar refractivity (Wildman–Crippen MR) is 98.0 cm³/mol. The van der Waals surface area contributed by atoms with E-state index in [1.54, 1.807) is 24.3 Å². The van der Waals surface area contributed by atoms with Crippen molar-refractivity contribution in [1.29, 1.82) is 0 Å². The zero-order valence-electron chi connectivity index (χ0n) is 14.3. The molecule has 8 heteroatoms. The lowest BCUT2D eigenvalue weighted by Gasteiger charge is -2.33. The van der Waals surface area contributed by atoms with E-state index in [0.717, 1.165) is 6.26 Å². The van der Waals surface area contributed by atoms with Crippen molar-refractivity contribution in [2.45, 2.75) is 6.10 Å². The first-order valence-electron chi connectivity index (χ1n) is 8.14. The van der Waals surface area contributed by atoms with E-state index in [9.17, 15) is 13.2 Å². The van der Waals surface area contributed by atoms with Gasteiger partial charge in [0.25, 0.3) is 5.91 Å². The van der Waals surface area contributed by atoms with Crippen LogP contribution in [0.15, 0.2) is 54.6 Å². The Bertz CT molecular complexity index is 870. The fourth-order valence-corrected chi connectivity index (χ4v) is 3.54. The van der Waals surface area contributed by atoms with Crippen LogP contribution in [0.25, 0.3) is 0 Å². The van der Waals surface area contributed by atoms with E-state index in [0.29, 0.717) is 23.8 Å². The van der Waals surface area contributed by atoms with Crippen LogP contribution in [0.3, 0.4) is 0 Å². The minimum Gasteiger partial charge on any atom is -0.492 e. The third kappa shape index (κ3) is 4.26. The van der Waals surface area contributed by atoms with Gasteiger partial charge in [0.1, 0.15) is 18.1 Å². The van der Waals surface area contributed by atoms with Crippen LogP contribution >= 0.6 is 0 Å². The van der Waals surface area contributed by atoms with Gasteiger partial charge in [-0.15, -0.1) is 0 Å². The summed E-state index contributed by atoms with van der Waals surface area (Å²) in [6, 6.07) is 16.0. The minimum absolute atomic E-state index is 0.0682. The lowest BCUT2D eigenvalue weighted by Crippen LogP contribution is -2.51. The molecule has 0 fully saturated rings. The van der Waals surface area contributed by atoms with E-state index in [4.69, 9.17) is 9.47 Å². The molecule has 2 aromatic carbocycles. The Labute approximate surface area is 152 Å². The molecule has 1 atom stereocenters. The molecular formula is C18H20N2O5S. The van der Waals surface area contributed by atoms with Crippen molar-refractivity contribution in [3.05, 3.63) is 54.6 Å². The van der Waals surface area contributed by atoms with E-state index in [1.165, 1.54) is 4.31 Å². The molecule has 2 aromatic rings. The smallest absolute Gasteiger partial charge is 0.263 e. The zero-order valence-corrected chi connectivity index (χ0v) is 15.1. The highest BCUT2D eigenvalue weighted by atomic mass is 32.2.